The van der Waals surface area contributed by atoms with E-state index in [1.54, 1.807) is 0 Å². The Labute approximate surface area is 173 Å². The molecule has 13 nitrogen and oxygen atoms in total. The first kappa shape index (κ1) is 27.2. The van der Waals surface area contributed by atoms with Gasteiger partial charge >= 0.3 is 11.9 Å². The van der Waals surface area contributed by atoms with Crippen molar-refractivity contribution in [2.24, 2.45) is 11.7 Å². The lowest BCUT2D eigenvalue weighted by molar-refractivity contribution is -0.146. The second-order valence-electron chi connectivity index (χ2n) is 7.20. The molecule has 0 aliphatic rings. The van der Waals surface area contributed by atoms with Crippen molar-refractivity contribution in [3.63, 3.8) is 0 Å². The maximum atomic E-state index is 12.4. The lowest BCUT2D eigenvalue weighted by Crippen LogP contribution is -2.59. The molecule has 0 aromatic rings. The average molecular weight is 434 g/mol. The van der Waals surface area contributed by atoms with Crippen molar-refractivity contribution in [3.8, 4) is 0 Å². The SMILES string of the molecule is CC(C)CC(N)C(=O)NC(CC(=O)O)C(=O)NC(CO)C(=O)NC(C(=O)O)C(C)O. The third kappa shape index (κ3) is 9.62. The third-order valence-corrected chi connectivity index (χ3v) is 3.94. The van der Waals surface area contributed by atoms with Crippen LogP contribution in [-0.2, 0) is 24.0 Å². The second-order valence-corrected chi connectivity index (χ2v) is 7.20. The maximum absolute atomic E-state index is 12.4. The highest BCUT2D eigenvalue weighted by molar-refractivity contribution is 5.95. The number of carboxylic acids is 2. The smallest absolute Gasteiger partial charge is 0.328 e. The fourth-order valence-corrected chi connectivity index (χ4v) is 2.39. The standard InChI is InChI=1S/C17H30N4O9/c1-7(2)4-9(18)14(26)19-10(5-12(24)25)15(27)20-11(6-22)16(28)21-13(8(3)23)17(29)30/h7-11,13,22-23H,4-6,18H2,1-3H3,(H,19,26)(H,20,27)(H,21,28)(H,24,25)(H,29,30). The Hall–Kier alpha value is -2.77. The van der Waals surface area contributed by atoms with Crippen LogP contribution in [0.3, 0.4) is 0 Å². The number of aliphatic carboxylic acids is 2. The van der Waals surface area contributed by atoms with Gasteiger partial charge in [0.25, 0.3) is 0 Å². The Morgan fingerprint density at radius 2 is 1.37 bits per heavy atom. The van der Waals surface area contributed by atoms with Crippen LogP contribution in [0.5, 0.6) is 0 Å². The molecule has 0 aliphatic heterocycles. The van der Waals surface area contributed by atoms with Gasteiger partial charge in [0.1, 0.15) is 12.1 Å². The predicted octanol–water partition coefficient (Wildman–Crippen LogP) is -3.25. The van der Waals surface area contributed by atoms with Gasteiger partial charge in [0.15, 0.2) is 6.04 Å². The van der Waals surface area contributed by atoms with Crippen molar-refractivity contribution in [2.45, 2.75) is 63.9 Å². The van der Waals surface area contributed by atoms with Crippen molar-refractivity contribution in [1.29, 1.82) is 0 Å². The van der Waals surface area contributed by atoms with E-state index in [0.717, 1.165) is 6.92 Å². The number of carboxylic acid groups (broad SMARTS) is 2. The van der Waals surface area contributed by atoms with E-state index in [1.165, 1.54) is 0 Å². The Bertz CT molecular complexity index is 639. The lowest BCUT2D eigenvalue weighted by Gasteiger charge is -2.24. The average Bonchev–Trinajstić information content (AvgIpc) is 2.61. The molecule has 0 fully saturated rings. The minimum Gasteiger partial charge on any atom is -0.481 e. The monoisotopic (exact) mass is 434 g/mol. The first-order valence-corrected chi connectivity index (χ1v) is 9.20. The van der Waals surface area contributed by atoms with Crippen LogP contribution in [0.15, 0.2) is 0 Å². The van der Waals surface area contributed by atoms with Gasteiger partial charge in [0.2, 0.25) is 17.7 Å². The summed E-state index contributed by atoms with van der Waals surface area (Å²) in [7, 11) is 0. The van der Waals surface area contributed by atoms with Crippen molar-refractivity contribution < 1.29 is 44.4 Å². The summed E-state index contributed by atoms with van der Waals surface area (Å²) in [6.07, 6.45) is -2.01. The van der Waals surface area contributed by atoms with E-state index in [2.05, 4.69) is 5.32 Å². The number of hydrogen-bond donors (Lipinski definition) is 8. The molecule has 0 spiro atoms. The lowest BCUT2D eigenvalue weighted by atomic mass is 10.0. The van der Waals surface area contributed by atoms with Crippen molar-refractivity contribution in [1.82, 2.24) is 16.0 Å². The molecule has 0 saturated carbocycles. The molecule has 30 heavy (non-hydrogen) atoms. The van der Waals surface area contributed by atoms with Gasteiger partial charge in [0.05, 0.1) is 25.2 Å². The summed E-state index contributed by atoms with van der Waals surface area (Å²) in [5, 5.41) is 42.9. The highest BCUT2D eigenvalue weighted by atomic mass is 16.4. The van der Waals surface area contributed by atoms with Crippen LogP contribution < -0.4 is 21.7 Å². The van der Waals surface area contributed by atoms with E-state index in [1.807, 2.05) is 24.5 Å². The number of aliphatic hydroxyl groups excluding tert-OH is 2. The summed E-state index contributed by atoms with van der Waals surface area (Å²) in [4.78, 5) is 58.8. The maximum Gasteiger partial charge on any atom is 0.328 e. The number of carbonyl (C=O) groups excluding carboxylic acids is 3. The minimum atomic E-state index is -1.70. The summed E-state index contributed by atoms with van der Waals surface area (Å²) in [5.41, 5.74) is 5.71. The normalized spacial score (nSPS) is 16.0. The van der Waals surface area contributed by atoms with E-state index >= 15 is 0 Å². The number of aliphatic hydroxyl groups is 2. The largest absolute Gasteiger partial charge is 0.481 e. The molecule has 0 rings (SSSR count). The Kier molecular flexibility index (Phi) is 11.5. The molecule has 0 saturated heterocycles. The predicted molar refractivity (Wildman–Crippen MR) is 102 cm³/mol. The topological polar surface area (TPSA) is 228 Å². The highest BCUT2D eigenvalue weighted by Crippen LogP contribution is 2.04. The molecular formula is C17H30N4O9. The van der Waals surface area contributed by atoms with Crippen molar-refractivity contribution >= 4 is 29.7 Å². The summed E-state index contributed by atoms with van der Waals surface area (Å²) in [6, 6.07) is -5.95. The van der Waals surface area contributed by atoms with Crippen molar-refractivity contribution in [3.05, 3.63) is 0 Å². The molecule has 0 aliphatic carbocycles. The molecule has 0 radical (unpaired) electrons. The Morgan fingerprint density at radius 3 is 1.77 bits per heavy atom. The number of hydrogen-bond acceptors (Lipinski definition) is 8. The number of carbonyl (C=O) groups is 5. The van der Waals surface area contributed by atoms with Gasteiger partial charge < -0.3 is 42.1 Å². The van der Waals surface area contributed by atoms with Gasteiger partial charge in [-0.2, -0.15) is 0 Å². The summed E-state index contributed by atoms with van der Waals surface area (Å²) in [6.45, 7) is 3.79. The summed E-state index contributed by atoms with van der Waals surface area (Å²) in [5.74, 6) is -5.89. The van der Waals surface area contributed by atoms with Crippen LogP contribution in [0.1, 0.15) is 33.6 Å². The minimum absolute atomic E-state index is 0.0658. The van der Waals surface area contributed by atoms with E-state index < -0.39 is 73.0 Å². The summed E-state index contributed by atoms with van der Waals surface area (Å²) < 4.78 is 0. The zero-order valence-corrected chi connectivity index (χ0v) is 17.0. The molecule has 0 aromatic heterocycles. The molecule has 0 heterocycles. The van der Waals surface area contributed by atoms with E-state index in [-0.39, 0.29) is 12.3 Å². The van der Waals surface area contributed by atoms with Crippen molar-refractivity contribution in [2.75, 3.05) is 6.61 Å². The number of rotatable bonds is 13. The first-order valence-electron chi connectivity index (χ1n) is 9.20. The molecule has 3 amide bonds. The van der Waals surface area contributed by atoms with E-state index in [0.29, 0.717) is 0 Å². The second kappa shape index (κ2) is 12.7. The van der Waals surface area contributed by atoms with E-state index in [4.69, 9.17) is 15.9 Å². The molecule has 5 unspecified atom stereocenters. The fourth-order valence-electron chi connectivity index (χ4n) is 2.39. The summed E-state index contributed by atoms with van der Waals surface area (Å²) >= 11 is 0. The highest BCUT2D eigenvalue weighted by Gasteiger charge is 2.32. The fraction of sp³-hybridized carbons (Fsp3) is 0.706. The zero-order valence-electron chi connectivity index (χ0n) is 17.0. The number of amides is 3. The van der Waals surface area contributed by atoms with Crippen LogP contribution in [0.25, 0.3) is 0 Å². The molecule has 13 heteroatoms. The molecule has 0 bridgehead atoms. The molecule has 9 N–H and O–H groups in total. The van der Waals surface area contributed by atoms with Gasteiger partial charge in [-0.3, -0.25) is 19.2 Å². The number of nitrogens with two attached hydrogens (primary N) is 1. The van der Waals surface area contributed by atoms with Crippen LogP contribution >= 0.6 is 0 Å². The van der Waals surface area contributed by atoms with Crippen LogP contribution in [-0.4, -0.2) is 87.0 Å². The van der Waals surface area contributed by atoms with Crippen LogP contribution in [0.4, 0.5) is 0 Å². The Morgan fingerprint density at radius 1 is 0.867 bits per heavy atom. The van der Waals surface area contributed by atoms with Gasteiger partial charge in [-0.05, 0) is 19.3 Å². The third-order valence-electron chi connectivity index (χ3n) is 3.94. The molecule has 172 valence electrons. The van der Waals surface area contributed by atoms with Gasteiger partial charge in [0, 0.05) is 0 Å². The number of nitrogens with one attached hydrogen (secondary N) is 3. The Balaban J connectivity index is 5.25. The van der Waals surface area contributed by atoms with Gasteiger partial charge in [-0.15, -0.1) is 0 Å². The molecule has 0 aromatic carbocycles. The van der Waals surface area contributed by atoms with Crippen LogP contribution in [0, 0.1) is 5.92 Å². The molecular weight excluding hydrogens is 404 g/mol. The van der Waals surface area contributed by atoms with Crippen LogP contribution in [0.2, 0.25) is 0 Å². The van der Waals surface area contributed by atoms with Gasteiger partial charge in [-0.25, -0.2) is 4.79 Å². The van der Waals surface area contributed by atoms with E-state index in [9.17, 15) is 34.2 Å². The molecule has 5 atom stereocenters. The first-order chi connectivity index (χ1) is 13.8. The van der Waals surface area contributed by atoms with Gasteiger partial charge in [-0.1, -0.05) is 13.8 Å². The zero-order chi connectivity index (χ0) is 23.6. The quantitative estimate of drug-likeness (QED) is 0.144.